The SMILES string of the molecule is NCCc1cccc(F)c1-n1ccc(C(N)=O)n1. The average Bonchev–Trinajstić information content (AvgIpc) is 2.79. The average molecular weight is 248 g/mol. The summed E-state index contributed by atoms with van der Waals surface area (Å²) in [5, 5.41) is 3.95. The minimum absolute atomic E-state index is 0.0944. The largest absolute Gasteiger partial charge is 0.364 e. The lowest BCUT2D eigenvalue weighted by molar-refractivity contribution is 0.0995. The quantitative estimate of drug-likeness (QED) is 0.831. The van der Waals surface area contributed by atoms with Crippen molar-refractivity contribution in [3.05, 3.63) is 47.5 Å². The lowest BCUT2D eigenvalue weighted by atomic mass is 10.1. The van der Waals surface area contributed by atoms with Gasteiger partial charge in [0, 0.05) is 6.20 Å². The number of nitrogens with zero attached hydrogens (tertiary/aromatic N) is 2. The summed E-state index contributed by atoms with van der Waals surface area (Å²) in [6.07, 6.45) is 2.03. The maximum absolute atomic E-state index is 13.9. The van der Waals surface area contributed by atoms with Gasteiger partial charge in [0.25, 0.3) is 5.91 Å². The molecule has 2 aromatic rings. The zero-order valence-electron chi connectivity index (χ0n) is 9.64. The van der Waals surface area contributed by atoms with Crippen LogP contribution in [0.5, 0.6) is 0 Å². The van der Waals surface area contributed by atoms with Crippen LogP contribution in [0.25, 0.3) is 5.69 Å². The van der Waals surface area contributed by atoms with Gasteiger partial charge in [0.05, 0.1) is 0 Å². The second-order valence-electron chi connectivity index (χ2n) is 3.80. The molecule has 1 amide bonds. The highest BCUT2D eigenvalue weighted by Gasteiger charge is 2.13. The molecule has 1 heterocycles. The van der Waals surface area contributed by atoms with E-state index < -0.39 is 11.7 Å². The number of hydrogen-bond acceptors (Lipinski definition) is 3. The molecule has 0 fully saturated rings. The van der Waals surface area contributed by atoms with E-state index in [0.717, 1.165) is 5.56 Å². The summed E-state index contributed by atoms with van der Waals surface area (Å²) in [4.78, 5) is 11.0. The van der Waals surface area contributed by atoms with Gasteiger partial charge in [-0.1, -0.05) is 12.1 Å². The number of primary amides is 1. The topological polar surface area (TPSA) is 86.9 Å². The van der Waals surface area contributed by atoms with Crippen molar-refractivity contribution in [2.75, 3.05) is 6.54 Å². The number of para-hydroxylation sites is 1. The van der Waals surface area contributed by atoms with E-state index in [1.54, 1.807) is 12.1 Å². The number of halogens is 1. The molecule has 2 rings (SSSR count). The number of hydrogen-bond donors (Lipinski definition) is 2. The minimum Gasteiger partial charge on any atom is -0.364 e. The number of aromatic nitrogens is 2. The first-order chi connectivity index (χ1) is 8.63. The summed E-state index contributed by atoms with van der Waals surface area (Å²) < 4.78 is 15.2. The smallest absolute Gasteiger partial charge is 0.269 e. The maximum atomic E-state index is 13.9. The van der Waals surface area contributed by atoms with Gasteiger partial charge in [-0.2, -0.15) is 5.10 Å². The first-order valence-electron chi connectivity index (χ1n) is 5.47. The van der Waals surface area contributed by atoms with E-state index in [4.69, 9.17) is 11.5 Å². The Labute approximate surface area is 103 Å². The first kappa shape index (κ1) is 12.3. The summed E-state index contributed by atoms with van der Waals surface area (Å²) >= 11 is 0. The van der Waals surface area contributed by atoms with Crippen molar-refractivity contribution in [1.29, 1.82) is 0 Å². The highest BCUT2D eigenvalue weighted by Crippen LogP contribution is 2.18. The molecule has 0 spiro atoms. The van der Waals surface area contributed by atoms with Crippen molar-refractivity contribution in [2.45, 2.75) is 6.42 Å². The number of benzene rings is 1. The van der Waals surface area contributed by atoms with E-state index in [1.807, 2.05) is 0 Å². The minimum atomic E-state index is -0.648. The Bertz CT molecular complexity index is 579. The lowest BCUT2D eigenvalue weighted by Gasteiger charge is -2.09. The van der Waals surface area contributed by atoms with Crippen LogP contribution in [0.3, 0.4) is 0 Å². The Kier molecular flexibility index (Phi) is 3.38. The Hall–Kier alpha value is -2.21. The van der Waals surface area contributed by atoms with Crippen LogP contribution in [0.2, 0.25) is 0 Å². The number of carbonyl (C=O) groups is 1. The summed E-state index contributed by atoms with van der Waals surface area (Å²) in [7, 11) is 0. The molecular weight excluding hydrogens is 235 g/mol. The Morgan fingerprint density at radius 2 is 2.17 bits per heavy atom. The van der Waals surface area contributed by atoms with Gasteiger partial charge >= 0.3 is 0 Å². The Balaban J connectivity index is 2.51. The number of amides is 1. The lowest BCUT2D eigenvalue weighted by Crippen LogP contribution is -2.13. The van der Waals surface area contributed by atoms with E-state index in [2.05, 4.69) is 5.10 Å². The van der Waals surface area contributed by atoms with Gasteiger partial charge in [-0.05, 0) is 30.7 Å². The third-order valence-corrected chi connectivity index (χ3v) is 2.55. The van der Waals surface area contributed by atoms with E-state index in [9.17, 15) is 9.18 Å². The molecule has 0 radical (unpaired) electrons. The molecule has 0 saturated carbocycles. The third kappa shape index (κ3) is 2.23. The van der Waals surface area contributed by atoms with E-state index in [-0.39, 0.29) is 5.69 Å². The Morgan fingerprint density at radius 3 is 2.78 bits per heavy atom. The molecule has 4 N–H and O–H groups in total. The van der Waals surface area contributed by atoms with E-state index in [0.29, 0.717) is 18.7 Å². The molecule has 0 aliphatic rings. The molecule has 0 aliphatic heterocycles. The second-order valence-corrected chi connectivity index (χ2v) is 3.80. The molecule has 5 nitrogen and oxygen atoms in total. The van der Waals surface area contributed by atoms with E-state index >= 15 is 0 Å². The third-order valence-electron chi connectivity index (χ3n) is 2.55. The molecule has 0 saturated heterocycles. The molecule has 1 aromatic carbocycles. The monoisotopic (exact) mass is 248 g/mol. The number of rotatable bonds is 4. The van der Waals surface area contributed by atoms with Crippen LogP contribution >= 0.6 is 0 Å². The standard InChI is InChI=1S/C12H13FN4O/c13-9-3-1-2-8(4-6-14)11(9)17-7-5-10(16-17)12(15)18/h1-3,5,7H,4,6,14H2,(H2,15,18). The predicted octanol–water partition coefficient (Wildman–Crippen LogP) is 0.611. The number of nitrogens with two attached hydrogens (primary N) is 2. The number of carbonyl (C=O) groups excluding carboxylic acids is 1. The van der Waals surface area contributed by atoms with Crippen LogP contribution in [-0.4, -0.2) is 22.2 Å². The molecule has 0 aliphatic carbocycles. The molecular formula is C12H13FN4O. The molecule has 18 heavy (non-hydrogen) atoms. The van der Waals surface area contributed by atoms with Crippen molar-refractivity contribution in [3.8, 4) is 5.69 Å². The zero-order chi connectivity index (χ0) is 13.1. The molecule has 94 valence electrons. The summed E-state index contributed by atoms with van der Waals surface area (Å²) in [6.45, 7) is 0.403. The summed E-state index contributed by atoms with van der Waals surface area (Å²) in [5.41, 5.74) is 11.7. The zero-order valence-corrected chi connectivity index (χ0v) is 9.64. The fourth-order valence-electron chi connectivity index (χ4n) is 1.75. The van der Waals surface area contributed by atoms with Gasteiger partial charge in [-0.15, -0.1) is 0 Å². The van der Waals surface area contributed by atoms with Crippen LogP contribution in [0.15, 0.2) is 30.5 Å². The van der Waals surface area contributed by atoms with Crippen molar-refractivity contribution < 1.29 is 9.18 Å². The van der Waals surface area contributed by atoms with Gasteiger partial charge in [0.15, 0.2) is 0 Å². The first-order valence-corrected chi connectivity index (χ1v) is 5.47. The molecule has 6 heteroatoms. The highest BCUT2D eigenvalue weighted by molar-refractivity contribution is 5.90. The normalized spacial score (nSPS) is 10.6. The fourth-order valence-corrected chi connectivity index (χ4v) is 1.75. The highest BCUT2D eigenvalue weighted by atomic mass is 19.1. The molecule has 0 unspecified atom stereocenters. The summed E-state index contributed by atoms with van der Waals surface area (Å²) in [6, 6.07) is 6.17. The van der Waals surface area contributed by atoms with Crippen molar-refractivity contribution in [1.82, 2.24) is 9.78 Å². The maximum Gasteiger partial charge on any atom is 0.269 e. The Morgan fingerprint density at radius 1 is 1.39 bits per heavy atom. The predicted molar refractivity (Wildman–Crippen MR) is 64.8 cm³/mol. The molecule has 0 bridgehead atoms. The van der Waals surface area contributed by atoms with Crippen LogP contribution in [0, 0.1) is 5.82 Å². The second kappa shape index (κ2) is 4.97. The van der Waals surface area contributed by atoms with Gasteiger partial charge in [0.1, 0.15) is 17.2 Å². The van der Waals surface area contributed by atoms with Crippen molar-refractivity contribution >= 4 is 5.91 Å². The van der Waals surface area contributed by atoms with Crippen LogP contribution in [0.1, 0.15) is 16.1 Å². The molecule has 0 atom stereocenters. The van der Waals surface area contributed by atoms with Gasteiger partial charge in [-0.25, -0.2) is 9.07 Å². The summed E-state index contributed by atoms with van der Waals surface area (Å²) in [5.74, 6) is -1.06. The van der Waals surface area contributed by atoms with Gasteiger partial charge < -0.3 is 11.5 Å². The molecule has 1 aromatic heterocycles. The van der Waals surface area contributed by atoms with Crippen LogP contribution < -0.4 is 11.5 Å². The van der Waals surface area contributed by atoms with E-state index in [1.165, 1.54) is 23.0 Å². The fraction of sp³-hybridized carbons (Fsp3) is 0.167. The van der Waals surface area contributed by atoms with Crippen molar-refractivity contribution in [2.24, 2.45) is 11.5 Å². The van der Waals surface area contributed by atoms with Crippen LogP contribution in [0.4, 0.5) is 4.39 Å². The van der Waals surface area contributed by atoms with Crippen molar-refractivity contribution in [3.63, 3.8) is 0 Å². The van der Waals surface area contributed by atoms with Gasteiger partial charge in [0.2, 0.25) is 0 Å². The van der Waals surface area contributed by atoms with Gasteiger partial charge in [-0.3, -0.25) is 4.79 Å². The van der Waals surface area contributed by atoms with Crippen LogP contribution in [-0.2, 0) is 6.42 Å².